The molecule has 1 heterocycles. The molecule has 0 bridgehead atoms. The molecule has 1 aliphatic heterocycles. The molecule has 2 aliphatic rings. The van der Waals surface area contributed by atoms with Gasteiger partial charge in [0.15, 0.2) is 0 Å². The Bertz CT molecular complexity index is 179. The van der Waals surface area contributed by atoms with Crippen LogP contribution >= 0.6 is 0 Å². The van der Waals surface area contributed by atoms with Crippen LogP contribution in [0.1, 0.15) is 45.4 Å². The number of ether oxygens (including phenoxy) is 1. The van der Waals surface area contributed by atoms with E-state index in [4.69, 9.17) is 4.74 Å². The van der Waals surface area contributed by atoms with Gasteiger partial charge in [0.25, 0.3) is 0 Å². The smallest absolute Gasteiger partial charge is 0.0619 e. The molecular formula is C13H24O2. The Morgan fingerprint density at radius 1 is 1.13 bits per heavy atom. The predicted octanol–water partition coefficient (Wildman–Crippen LogP) is 2.60. The topological polar surface area (TPSA) is 29.5 Å². The van der Waals surface area contributed by atoms with E-state index in [9.17, 15) is 5.11 Å². The minimum absolute atomic E-state index is 0.0923. The first-order valence-corrected chi connectivity index (χ1v) is 6.57. The van der Waals surface area contributed by atoms with Gasteiger partial charge in [-0.3, -0.25) is 0 Å². The quantitative estimate of drug-likeness (QED) is 0.779. The molecule has 0 aromatic heterocycles. The molecule has 2 heteroatoms. The van der Waals surface area contributed by atoms with Crippen LogP contribution in [0.2, 0.25) is 0 Å². The maximum atomic E-state index is 10.3. The molecule has 1 saturated heterocycles. The molecule has 1 saturated carbocycles. The second-order valence-electron chi connectivity index (χ2n) is 5.30. The molecule has 1 N–H and O–H groups in total. The summed E-state index contributed by atoms with van der Waals surface area (Å²) in [4.78, 5) is 0. The van der Waals surface area contributed by atoms with Crippen molar-refractivity contribution in [1.29, 1.82) is 0 Å². The van der Waals surface area contributed by atoms with Crippen molar-refractivity contribution in [2.45, 2.75) is 51.6 Å². The van der Waals surface area contributed by atoms with Gasteiger partial charge in [-0.25, -0.2) is 0 Å². The third kappa shape index (κ3) is 2.73. The predicted molar refractivity (Wildman–Crippen MR) is 60.7 cm³/mol. The van der Waals surface area contributed by atoms with Crippen LogP contribution in [0.3, 0.4) is 0 Å². The summed E-state index contributed by atoms with van der Waals surface area (Å²) in [7, 11) is 0. The van der Waals surface area contributed by atoms with Gasteiger partial charge in [0.2, 0.25) is 0 Å². The van der Waals surface area contributed by atoms with Crippen molar-refractivity contribution in [2.24, 2.45) is 17.8 Å². The van der Waals surface area contributed by atoms with E-state index in [1.165, 1.54) is 32.1 Å². The van der Waals surface area contributed by atoms with Crippen LogP contribution in [0.15, 0.2) is 0 Å². The van der Waals surface area contributed by atoms with Crippen molar-refractivity contribution in [3.63, 3.8) is 0 Å². The highest BCUT2D eigenvalue weighted by Crippen LogP contribution is 2.35. The molecule has 0 radical (unpaired) electrons. The summed E-state index contributed by atoms with van der Waals surface area (Å²) < 4.78 is 5.35. The molecule has 2 nitrogen and oxygen atoms in total. The summed E-state index contributed by atoms with van der Waals surface area (Å²) in [6.07, 6.45) is 7.40. The number of aliphatic hydroxyl groups is 1. The van der Waals surface area contributed by atoms with Gasteiger partial charge in [-0.1, -0.05) is 26.2 Å². The highest BCUT2D eigenvalue weighted by molar-refractivity contribution is 4.82. The fraction of sp³-hybridized carbons (Fsp3) is 1.00. The lowest BCUT2D eigenvalue weighted by molar-refractivity contribution is 0.0211. The van der Waals surface area contributed by atoms with Gasteiger partial charge in [-0.05, 0) is 31.1 Å². The Morgan fingerprint density at radius 3 is 2.40 bits per heavy atom. The zero-order chi connectivity index (χ0) is 10.7. The lowest BCUT2D eigenvalue weighted by Crippen LogP contribution is -2.32. The first kappa shape index (κ1) is 11.4. The maximum Gasteiger partial charge on any atom is 0.0619 e. The van der Waals surface area contributed by atoms with Crippen LogP contribution in [0, 0.1) is 17.8 Å². The Labute approximate surface area is 93.0 Å². The van der Waals surface area contributed by atoms with Crippen molar-refractivity contribution in [3.05, 3.63) is 0 Å². The molecule has 2 unspecified atom stereocenters. The van der Waals surface area contributed by atoms with E-state index >= 15 is 0 Å². The van der Waals surface area contributed by atoms with E-state index in [1.807, 2.05) is 0 Å². The summed E-state index contributed by atoms with van der Waals surface area (Å²) in [5.74, 6) is 1.90. The van der Waals surface area contributed by atoms with Crippen LogP contribution in [-0.4, -0.2) is 24.4 Å². The minimum Gasteiger partial charge on any atom is -0.392 e. The minimum atomic E-state index is -0.0923. The fourth-order valence-electron chi connectivity index (χ4n) is 3.15. The van der Waals surface area contributed by atoms with Crippen molar-refractivity contribution >= 4 is 0 Å². The highest BCUT2D eigenvalue weighted by atomic mass is 16.5. The van der Waals surface area contributed by atoms with Gasteiger partial charge in [0.05, 0.1) is 12.7 Å². The molecule has 1 aliphatic carbocycles. The summed E-state index contributed by atoms with van der Waals surface area (Å²) in [5, 5.41) is 10.3. The Hall–Kier alpha value is -0.0800. The Kier molecular flexibility index (Phi) is 4.04. The van der Waals surface area contributed by atoms with Gasteiger partial charge in [-0.15, -0.1) is 0 Å². The summed E-state index contributed by atoms with van der Waals surface area (Å²) in [5.41, 5.74) is 0. The highest BCUT2D eigenvalue weighted by Gasteiger charge is 2.32. The summed E-state index contributed by atoms with van der Waals surface area (Å²) in [6, 6.07) is 0. The average Bonchev–Trinajstić information content (AvgIpc) is 2.82. The first-order chi connectivity index (χ1) is 7.31. The molecular weight excluding hydrogens is 188 g/mol. The van der Waals surface area contributed by atoms with E-state index in [1.54, 1.807) is 0 Å². The zero-order valence-corrected chi connectivity index (χ0v) is 9.82. The van der Waals surface area contributed by atoms with Gasteiger partial charge >= 0.3 is 0 Å². The van der Waals surface area contributed by atoms with E-state index in [-0.39, 0.29) is 6.10 Å². The summed E-state index contributed by atoms with van der Waals surface area (Å²) >= 11 is 0. The van der Waals surface area contributed by atoms with Crippen LogP contribution in [0.5, 0.6) is 0 Å². The number of rotatable bonds is 3. The van der Waals surface area contributed by atoms with Crippen LogP contribution in [0.4, 0.5) is 0 Å². The van der Waals surface area contributed by atoms with Crippen molar-refractivity contribution < 1.29 is 9.84 Å². The van der Waals surface area contributed by atoms with Gasteiger partial charge < -0.3 is 9.84 Å². The van der Waals surface area contributed by atoms with Gasteiger partial charge in [0, 0.05) is 12.5 Å². The molecule has 15 heavy (non-hydrogen) atoms. The van der Waals surface area contributed by atoms with Gasteiger partial charge in [0.1, 0.15) is 0 Å². The molecule has 0 aromatic carbocycles. The monoisotopic (exact) mass is 212 g/mol. The normalized spacial score (nSPS) is 39.2. The first-order valence-electron chi connectivity index (χ1n) is 6.57. The Morgan fingerprint density at radius 2 is 1.87 bits per heavy atom. The third-order valence-corrected chi connectivity index (χ3v) is 4.40. The number of hydrogen-bond donors (Lipinski definition) is 1. The molecule has 2 atom stereocenters. The third-order valence-electron chi connectivity index (χ3n) is 4.40. The largest absolute Gasteiger partial charge is 0.392 e. The van der Waals surface area contributed by atoms with Crippen molar-refractivity contribution in [3.8, 4) is 0 Å². The second-order valence-corrected chi connectivity index (χ2v) is 5.30. The molecule has 0 amide bonds. The van der Waals surface area contributed by atoms with Gasteiger partial charge in [-0.2, -0.15) is 0 Å². The Balaban J connectivity index is 1.78. The molecule has 0 aromatic rings. The number of aliphatic hydroxyl groups excluding tert-OH is 1. The lowest BCUT2D eigenvalue weighted by Gasteiger charge is -2.33. The van der Waals surface area contributed by atoms with Crippen LogP contribution < -0.4 is 0 Å². The lowest BCUT2D eigenvalue weighted by atomic mass is 9.75. The SMILES string of the molecule is CCC1CCC(C(O)C2CCOC2)CC1. The molecule has 2 rings (SSSR count). The standard InChI is InChI=1S/C13H24O2/c1-2-10-3-5-11(6-4-10)13(14)12-7-8-15-9-12/h10-14H,2-9H2,1H3. The zero-order valence-electron chi connectivity index (χ0n) is 9.82. The van der Waals surface area contributed by atoms with Crippen LogP contribution in [0.25, 0.3) is 0 Å². The molecule has 88 valence electrons. The van der Waals surface area contributed by atoms with Crippen molar-refractivity contribution in [1.82, 2.24) is 0 Å². The molecule has 0 spiro atoms. The van der Waals surface area contributed by atoms with Crippen LogP contribution in [-0.2, 0) is 4.74 Å². The second kappa shape index (κ2) is 5.31. The average molecular weight is 212 g/mol. The summed E-state index contributed by atoms with van der Waals surface area (Å²) in [6.45, 7) is 3.92. The fourth-order valence-corrected chi connectivity index (χ4v) is 3.15. The van der Waals surface area contributed by atoms with E-state index < -0.39 is 0 Å². The molecule has 2 fully saturated rings. The van der Waals surface area contributed by atoms with E-state index in [2.05, 4.69) is 6.92 Å². The number of hydrogen-bond acceptors (Lipinski definition) is 2. The maximum absolute atomic E-state index is 10.3. The van der Waals surface area contributed by atoms with E-state index in [0.29, 0.717) is 11.8 Å². The van der Waals surface area contributed by atoms with Crippen molar-refractivity contribution in [2.75, 3.05) is 13.2 Å². The van der Waals surface area contributed by atoms with E-state index in [0.717, 1.165) is 25.6 Å².